The fourth-order valence-corrected chi connectivity index (χ4v) is 2.66. The predicted molar refractivity (Wildman–Crippen MR) is 76.4 cm³/mol. The van der Waals surface area contributed by atoms with Gasteiger partial charge in [-0.15, -0.1) is 0 Å². The Bertz CT molecular complexity index is 597. The second kappa shape index (κ2) is 4.87. The van der Waals surface area contributed by atoms with Crippen LogP contribution in [0.15, 0.2) is 30.3 Å². The molecule has 0 aromatic heterocycles. The van der Waals surface area contributed by atoms with Gasteiger partial charge in [0, 0.05) is 5.69 Å². The van der Waals surface area contributed by atoms with Gasteiger partial charge in [-0.05, 0) is 37.8 Å². The van der Waals surface area contributed by atoms with Gasteiger partial charge in [0.15, 0.2) is 0 Å². The molecule has 1 saturated carbocycles. The number of carbonyl (C=O) groups is 3. The van der Waals surface area contributed by atoms with Crippen LogP contribution >= 0.6 is 0 Å². The molecule has 2 N–H and O–H groups in total. The number of anilines is 1. The highest BCUT2D eigenvalue weighted by Gasteiger charge is 2.56. The van der Waals surface area contributed by atoms with Gasteiger partial charge in [0.25, 0.3) is 5.91 Å². The Hall–Kier alpha value is -2.37. The van der Waals surface area contributed by atoms with E-state index in [9.17, 15) is 14.4 Å². The first kappa shape index (κ1) is 13.6. The van der Waals surface area contributed by atoms with Gasteiger partial charge in [-0.25, -0.2) is 4.79 Å². The molecule has 1 unspecified atom stereocenters. The normalized spacial score (nSPS) is 24.9. The van der Waals surface area contributed by atoms with Gasteiger partial charge in [0.1, 0.15) is 12.1 Å². The van der Waals surface area contributed by atoms with Crippen molar-refractivity contribution in [2.45, 2.75) is 25.3 Å². The van der Waals surface area contributed by atoms with Crippen LogP contribution in [0.3, 0.4) is 0 Å². The third-order valence-corrected chi connectivity index (χ3v) is 4.05. The van der Waals surface area contributed by atoms with E-state index >= 15 is 0 Å². The van der Waals surface area contributed by atoms with E-state index in [0.717, 1.165) is 17.7 Å². The Morgan fingerprint density at radius 1 is 1.33 bits per heavy atom. The van der Waals surface area contributed by atoms with Crippen LogP contribution in [-0.4, -0.2) is 34.8 Å². The highest BCUT2D eigenvalue weighted by atomic mass is 16.2. The van der Waals surface area contributed by atoms with Crippen molar-refractivity contribution in [1.29, 1.82) is 0 Å². The number of imide groups is 1. The highest BCUT2D eigenvalue weighted by Crippen LogP contribution is 2.42. The second-order valence-electron chi connectivity index (χ2n) is 5.71. The van der Waals surface area contributed by atoms with Crippen molar-refractivity contribution in [3.05, 3.63) is 30.3 Å². The lowest BCUT2D eigenvalue weighted by Gasteiger charge is -2.20. The monoisotopic (exact) mass is 287 g/mol. The average Bonchev–Trinajstić information content (AvgIpc) is 3.26. The van der Waals surface area contributed by atoms with E-state index in [1.807, 2.05) is 6.07 Å². The Balaban J connectivity index is 1.66. The van der Waals surface area contributed by atoms with E-state index in [-0.39, 0.29) is 24.3 Å². The van der Waals surface area contributed by atoms with Gasteiger partial charge < -0.3 is 10.6 Å². The Labute approximate surface area is 122 Å². The summed E-state index contributed by atoms with van der Waals surface area (Å²) < 4.78 is 0. The molecular weight excluding hydrogens is 270 g/mol. The summed E-state index contributed by atoms with van der Waals surface area (Å²) in [6.45, 7) is 1.47. The zero-order valence-electron chi connectivity index (χ0n) is 11.8. The minimum Gasteiger partial charge on any atom is -0.325 e. The molecule has 6 heteroatoms. The zero-order valence-corrected chi connectivity index (χ0v) is 11.8. The van der Waals surface area contributed by atoms with Gasteiger partial charge in [0.2, 0.25) is 5.91 Å². The largest absolute Gasteiger partial charge is 0.325 e. The number of hydrogen-bond acceptors (Lipinski definition) is 3. The molecular formula is C15H17N3O3. The van der Waals surface area contributed by atoms with E-state index < -0.39 is 11.6 Å². The molecule has 110 valence electrons. The molecule has 2 aliphatic rings. The van der Waals surface area contributed by atoms with Crippen LogP contribution in [0.4, 0.5) is 10.5 Å². The lowest BCUT2D eigenvalue weighted by atomic mass is 9.96. The molecule has 2 fully saturated rings. The van der Waals surface area contributed by atoms with Crippen LogP contribution in [0.2, 0.25) is 0 Å². The molecule has 1 aliphatic heterocycles. The van der Waals surface area contributed by atoms with Gasteiger partial charge in [0.05, 0.1) is 0 Å². The SMILES string of the molecule is CC1(C2CC2)NC(=O)N(CC(=O)Nc2ccccc2)C1=O. The molecule has 0 bridgehead atoms. The van der Waals surface area contributed by atoms with Gasteiger partial charge in [-0.3, -0.25) is 14.5 Å². The minimum absolute atomic E-state index is 0.191. The highest BCUT2D eigenvalue weighted by molar-refractivity contribution is 6.10. The van der Waals surface area contributed by atoms with Gasteiger partial charge >= 0.3 is 6.03 Å². The van der Waals surface area contributed by atoms with Crippen molar-refractivity contribution < 1.29 is 14.4 Å². The number of rotatable bonds is 4. The summed E-state index contributed by atoms with van der Waals surface area (Å²) in [6, 6.07) is 8.45. The summed E-state index contributed by atoms with van der Waals surface area (Å²) in [4.78, 5) is 37.3. The first-order valence-electron chi connectivity index (χ1n) is 7.00. The number of amides is 4. The van der Waals surface area contributed by atoms with Crippen molar-refractivity contribution in [2.75, 3.05) is 11.9 Å². The lowest BCUT2D eigenvalue weighted by Crippen LogP contribution is -2.46. The minimum atomic E-state index is -0.843. The molecule has 1 atom stereocenters. The maximum Gasteiger partial charge on any atom is 0.325 e. The van der Waals surface area contributed by atoms with Crippen molar-refractivity contribution in [1.82, 2.24) is 10.2 Å². The van der Waals surface area contributed by atoms with E-state index in [1.54, 1.807) is 31.2 Å². The molecule has 4 amide bonds. The van der Waals surface area contributed by atoms with Crippen molar-refractivity contribution in [3.8, 4) is 0 Å². The Morgan fingerprint density at radius 3 is 2.62 bits per heavy atom. The zero-order chi connectivity index (χ0) is 15.0. The Morgan fingerprint density at radius 2 is 2.00 bits per heavy atom. The smallest absolute Gasteiger partial charge is 0.325 e. The van der Waals surface area contributed by atoms with Crippen molar-refractivity contribution in [3.63, 3.8) is 0 Å². The number of hydrogen-bond donors (Lipinski definition) is 2. The second-order valence-corrected chi connectivity index (χ2v) is 5.71. The van der Waals surface area contributed by atoms with Crippen molar-refractivity contribution >= 4 is 23.5 Å². The number of carbonyl (C=O) groups excluding carboxylic acids is 3. The molecule has 1 heterocycles. The van der Waals surface area contributed by atoms with Gasteiger partial charge in [-0.2, -0.15) is 0 Å². The fourth-order valence-electron chi connectivity index (χ4n) is 2.66. The molecule has 1 saturated heterocycles. The number of para-hydroxylation sites is 1. The number of benzene rings is 1. The summed E-state index contributed by atoms with van der Waals surface area (Å²) in [7, 11) is 0. The summed E-state index contributed by atoms with van der Waals surface area (Å²) >= 11 is 0. The molecule has 6 nitrogen and oxygen atoms in total. The maximum atomic E-state index is 12.4. The summed E-state index contributed by atoms with van der Waals surface area (Å²) in [5, 5.41) is 5.39. The summed E-state index contributed by atoms with van der Waals surface area (Å²) in [5.74, 6) is -0.501. The number of urea groups is 1. The maximum absolute atomic E-state index is 12.4. The lowest BCUT2D eigenvalue weighted by molar-refractivity contribution is -0.134. The quantitative estimate of drug-likeness (QED) is 0.820. The molecule has 1 aliphatic carbocycles. The average molecular weight is 287 g/mol. The summed E-state index contributed by atoms with van der Waals surface area (Å²) in [6.07, 6.45) is 1.87. The first-order valence-corrected chi connectivity index (χ1v) is 7.00. The third-order valence-electron chi connectivity index (χ3n) is 4.05. The Kier molecular flexibility index (Phi) is 3.16. The van der Waals surface area contributed by atoms with Crippen LogP contribution in [0, 0.1) is 5.92 Å². The molecule has 1 aromatic rings. The first-order chi connectivity index (χ1) is 10.0. The van der Waals surface area contributed by atoms with E-state index in [0.29, 0.717) is 5.69 Å². The molecule has 0 spiro atoms. The van der Waals surface area contributed by atoms with Crippen LogP contribution in [0.25, 0.3) is 0 Å². The number of nitrogens with one attached hydrogen (secondary N) is 2. The molecule has 1 aromatic carbocycles. The van der Waals surface area contributed by atoms with E-state index in [1.165, 1.54) is 0 Å². The topological polar surface area (TPSA) is 78.5 Å². The van der Waals surface area contributed by atoms with E-state index in [4.69, 9.17) is 0 Å². The number of nitrogens with zero attached hydrogens (tertiary/aromatic N) is 1. The van der Waals surface area contributed by atoms with Crippen LogP contribution < -0.4 is 10.6 Å². The third kappa shape index (κ3) is 2.49. The van der Waals surface area contributed by atoms with Crippen LogP contribution in [-0.2, 0) is 9.59 Å². The molecule has 21 heavy (non-hydrogen) atoms. The summed E-state index contributed by atoms with van der Waals surface area (Å²) in [5.41, 5.74) is -0.205. The van der Waals surface area contributed by atoms with Gasteiger partial charge in [-0.1, -0.05) is 18.2 Å². The fraction of sp³-hybridized carbons (Fsp3) is 0.400. The molecule has 0 radical (unpaired) electrons. The van der Waals surface area contributed by atoms with Crippen LogP contribution in [0.1, 0.15) is 19.8 Å². The van der Waals surface area contributed by atoms with E-state index in [2.05, 4.69) is 10.6 Å². The predicted octanol–water partition coefficient (Wildman–Crippen LogP) is 1.35. The standard InChI is InChI=1S/C15H17N3O3/c1-15(10-7-8-10)13(20)18(14(21)17-15)9-12(19)16-11-5-3-2-4-6-11/h2-6,10H,7-9H2,1H3,(H,16,19)(H,17,21). The van der Waals surface area contributed by atoms with Crippen LogP contribution in [0.5, 0.6) is 0 Å². The van der Waals surface area contributed by atoms with Crippen molar-refractivity contribution in [2.24, 2.45) is 5.92 Å². The molecule has 3 rings (SSSR count).